The average Bonchev–Trinajstić information content (AvgIpc) is 3.34. The van der Waals surface area contributed by atoms with Crippen molar-refractivity contribution in [1.82, 2.24) is 14.8 Å². The lowest BCUT2D eigenvalue weighted by Crippen LogP contribution is -2.18. The Morgan fingerprint density at radius 1 is 1.30 bits per heavy atom. The molecule has 158 valence electrons. The van der Waals surface area contributed by atoms with Crippen molar-refractivity contribution in [3.8, 4) is 11.4 Å². The average molecular weight is 466 g/mol. The third kappa shape index (κ3) is 5.39. The van der Waals surface area contributed by atoms with Crippen LogP contribution in [0.3, 0.4) is 0 Å². The van der Waals surface area contributed by atoms with Gasteiger partial charge < -0.3 is 20.4 Å². The summed E-state index contributed by atoms with van der Waals surface area (Å²) in [6.45, 7) is 1.20. The highest BCUT2D eigenvalue weighted by Gasteiger charge is 2.18. The molecule has 3 rings (SSSR count). The van der Waals surface area contributed by atoms with Crippen LogP contribution < -0.4 is 11.1 Å². The predicted octanol–water partition coefficient (Wildman–Crippen LogP) is 3.53. The maximum atomic E-state index is 12.4. The number of primary amides is 1. The van der Waals surface area contributed by atoms with Gasteiger partial charge >= 0.3 is 0 Å². The van der Waals surface area contributed by atoms with Crippen LogP contribution in [-0.4, -0.2) is 46.0 Å². The highest BCUT2D eigenvalue weighted by Crippen LogP contribution is 2.30. The minimum atomic E-state index is -0.582. The fourth-order valence-corrected chi connectivity index (χ4v) is 4.49. The van der Waals surface area contributed by atoms with Crippen molar-refractivity contribution in [2.75, 3.05) is 24.8 Å². The number of aromatic nitrogens is 3. The first-order valence-electron chi connectivity index (χ1n) is 8.98. The molecule has 0 unspecified atom stereocenters. The minimum absolute atomic E-state index is 0.0982. The molecule has 11 heteroatoms. The van der Waals surface area contributed by atoms with Crippen molar-refractivity contribution in [1.29, 1.82) is 0 Å². The van der Waals surface area contributed by atoms with Crippen LogP contribution in [-0.2, 0) is 16.1 Å². The molecule has 3 aromatic rings. The number of nitrogens with two attached hydrogens (primary N) is 1. The summed E-state index contributed by atoms with van der Waals surface area (Å²) in [6.07, 6.45) is 0.753. The van der Waals surface area contributed by atoms with Crippen LogP contribution in [0.2, 0.25) is 5.02 Å². The van der Waals surface area contributed by atoms with E-state index in [0.29, 0.717) is 39.7 Å². The summed E-state index contributed by atoms with van der Waals surface area (Å²) in [4.78, 5) is 23.8. The van der Waals surface area contributed by atoms with E-state index in [9.17, 15) is 9.59 Å². The van der Waals surface area contributed by atoms with Crippen molar-refractivity contribution in [3.05, 3.63) is 46.3 Å². The lowest BCUT2D eigenvalue weighted by molar-refractivity contribution is -0.113. The molecule has 0 atom stereocenters. The molecule has 1 aromatic carbocycles. The molecule has 0 bridgehead atoms. The molecule has 2 heterocycles. The first-order valence-corrected chi connectivity index (χ1v) is 11.2. The summed E-state index contributed by atoms with van der Waals surface area (Å²) >= 11 is 8.83. The molecule has 2 aromatic heterocycles. The van der Waals surface area contributed by atoms with E-state index in [1.165, 1.54) is 23.1 Å². The van der Waals surface area contributed by atoms with Gasteiger partial charge in [0.15, 0.2) is 11.0 Å². The van der Waals surface area contributed by atoms with Crippen LogP contribution in [0, 0.1) is 0 Å². The van der Waals surface area contributed by atoms with Crippen molar-refractivity contribution in [2.45, 2.75) is 18.1 Å². The van der Waals surface area contributed by atoms with Crippen molar-refractivity contribution in [3.63, 3.8) is 0 Å². The molecular formula is C19H20ClN5O3S2. The molecule has 2 amide bonds. The van der Waals surface area contributed by atoms with Gasteiger partial charge in [0.2, 0.25) is 5.91 Å². The number of rotatable bonds is 10. The summed E-state index contributed by atoms with van der Waals surface area (Å²) in [7, 11) is 1.64. The van der Waals surface area contributed by atoms with Gasteiger partial charge in [-0.3, -0.25) is 9.59 Å². The van der Waals surface area contributed by atoms with Gasteiger partial charge in [-0.25, -0.2) is 0 Å². The summed E-state index contributed by atoms with van der Waals surface area (Å²) in [6, 6.07) is 8.98. The number of halogens is 1. The molecule has 0 aliphatic carbocycles. The number of nitrogens with one attached hydrogen (secondary N) is 1. The number of thioether (sulfide) groups is 1. The topological polar surface area (TPSA) is 112 Å². The molecule has 0 aliphatic heterocycles. The number of hydrogen-bond donors (Lipinski definition) is 2. The number of hydrogen-bond acceptors (Lipinski definition) is 7. The Morgan fingerprint density at radius 2 is 2.10 bits per heavy atom. The summed E-state index contributed by atoms with van der Waals surface area (Å²) in [5.41, 5.74) is 6.38. The molecule has 0 aliphatic rings. The summed E-state index contributed by atoms with van der Waals surface area (Å²) in [5, 5.41) is 14.6. The molecule has 0 fully saturated rings. The van der Waals surface area contributed by atoms with Crippen LogP contribution in [0.4, 0.5) is 5.00 Å². The smallest absolute Gasteiger partial charge is 0.251 e. The van der Waals surface area contributed by atoms with E-state index in [4.69, 9.17) is 22.1 Å². The number of nitrogens with zero attached hydrogens (tertiary/aromatic N) is 3. The number of amides is 2. The second-order valence-corrected chi connectivity index (χ2v) is 8.41. The van der Waals surface area contributed by atoms with Crippen LogP contribution in [0.1, 0.15) is 16.8 Å². The van der Waals surface area contributed by atoms with Gasteiger partial charge in [-0.2, -0.15) is 0 Å². The van der Waals surface area contributed by atoms with Crippen LogP contribution in [0.25, 0.3) is 11.4 Å². The van der Waals surface area contributed by atoms with E-state index < -0.39 is 5.91 Å². The number of benzene rings is 1. The van der Waals surface area contributed by atoms with Gasteiger partial charge in [0, 0.05) is 25.8 Å². The normalized spacial score (nSPS) is 10.9. The highest BCUT2D eigenvalue weighted by molar-refractivity contribution is 7.99. The maximum Gasteiger partial charge on any atom is 0.251 e. The largest absolute Gasteiger partial charge is 0.385 e. The second kappa shape index (κ2) is 10.6. The molecule has 8 nitrogen and oxygen atoms in total. The van der Waals surface area contributed by atoms with E-state index in [-0.39, 0.29) is 11.7 Å². The molecule has 0 radical (unpaired) electrons. The van der Waals surface area contributed by atoms with Crippen LogP contribution in [0.15, 0.2) is 40.9 Å². The Morgan fingerprint density at radius 3 is 2.83 bits per heavy atom. The summed E-state index contributed by atoms with van der Waals surface area (Å²) in [5.74, 6) is -0.118. The van der Waals surface area contributed by atoms with Gasteiger partial charge in [-0.05, 0) is 30.0 Å². The standard InChI is InChI=1S/C19H20ClN5O3S2/c1-28-9-4-8-25-17(12-5-2-3-6-14(12)20)23-24-19(25)30-11-15(26)22-18-13(16(21)27)7-10-29-18/h2-3,5-7,10H,4,8-9,11H2,1H3,(H2,21,27)(H,22,26). The molecule has 30 heavy (non-hydrogen) atoms. The molecule has 3 N–H and O–H groups in total. The number of carbonyl (C=O) groups is 2. The first kappa shape index (κ1) is 22.3. The van der Waals surface area contributed by atoms with E-state index >= 15 is 0 Å². The van der Waals surface area contributed by atoms with Crippen molar-refractivity contribution < 1.29 is 14.3 Å². The van der Waals surface area contributed by atoms with Crippen molar-refractivity contribution in [2.24, 2.45) is 5.73 Å². The zero-order chi connectivity index (χ0) is 21.5. The van der Waals surface area contributed by atoms with Crippen molar-refractivity contribution >= 4 is 51.5 Å². The molecular weight excluding hydrogens is 446 g/mol. The molecule has 0 spiro atoms. The summed E-state index contributed by atoms with van der Waals surface area (Å²) < 4.78 is 7.08. The Bertz CT molecular complexity index is 1040. The zero-order valence-corrected chi connectivity index (χ0v) is 18.5. The number of ether oxygens (including phenoxy) is 1. The monoisotopic (exact) mass is 465 g/mol. The van der Waals surface area contributed by atoms with E-state index in [1.807, 2.05) is 22.8 Å². The lowest BCUT2D eigenvalue weighted by Gasteiger charge is -2.11. The first-order chi connectivity index (χ1) is 14.5. The van der Waals surface area contributed by atoms with Crippen LogP contribution in [0.5, 0.6) is 0 Å². The number of carbonyl (C=O) groups excluding carboxylic acids is 2. The maximum absolute atomic E-state index is 12.4. The number of thiophene rings is 1. The third-order valence-corrected chi connectivity index (χ3v) is 6.20. The van der Waals surface area contributed by atoms with Crippen LogP contribution >= 0.6 is 34.7 Å². The SMILES string of the molecule is COCCCn1c(SCC(=O)Nc2sccc2C(N)=O)nnc1-c1ccccc1Cl. The fraction of sp³-hybridized carbons (Fsp3) is 0.263. The number of methoxy groups -OCH3 is 1. The van der Waals surface area contributed by atoms with Gasteiger partial charge in [-0.15, -0.1) is 21.5 Å². The van der Waals surface area contributed by atoms with Gasteiger partial charge in [0.05, 0.1) is 16.3 Å². The van der Waals surface area contributed by atoms with E-state index in [2.05, 4.69) is 15.5 Å². The van der Waals surface area contributed by atoms with E-state index in [0.717, 1.165) is 12.0 Å². The van der Waals surface area contributed by atoms with Gasteiger partial charge in [0.1, 0.15) is 5.00 Å². The second-order valence-electron chi connectivity index (χ2n) is 6.15. The number of anilines is 1. The molecule has 0 saturated carbocycles. The Hall–Kier alpha value is -2.40. The fourth-order valence-electron chi connectivity index (χ4n) is 2.70. The Balaban J connectivity index is 1.75. The molecule has 0 saturated heterocycles. The zero-order valence-electron chi connectivity index (χ0n) is 16.1. The predicted molar refractivity (Wildman–Crippen MR) is 119 cm³/mol. The van der Waals surface area contributed by atoms with Gasteiger partial charge in [-0.1, -0.05) is 35.5 Å². The Kier molecular flexibility index (Phi) is 7.86. The Labute approximate surface area is 186 Å². The van der Waals surface area contributed by atoms with E-state index in [1.54, 1.807) is 24.6 Å². The van der Waals surface area contributed by atoms with Gasteiger partial charge in [0.25, 0.3) is 5.91 Å². The lowest BCUT2D eigenvalue weighted by atomic mass is 10.2. The third-order valence-electron chi connectivity index (χ3n) is 4.08. The minimum Gasteiger partial charge on any atom is -0.385 e. The highest BCUT2D eigenvalue weighted by atomic mass is 35.5. The quantitative estimate of drug-likeness (QED) is 0.350.